The summed E-state index contributed by atoms with van der Waals surface area (Å²) in [5, 5.41) is 8.98. The highest BCUT2D eigenvalue weighted by Crippen LogP contribution is 2.26. The lowest BCUT2D eigenvalue weighted by Gasteiger charge is -2.25. The molecule has 0 radical (unpaired) electrons. The van der Waals surface area contributed by atoms with E-state index in [1.807, 2.05) is 26.8 Å². The average Bonchev–Trinajstić information content (AvgIpc) is 3.55. The molecule has 218 valence electrons. The van der Waals surface area contributed by atoms with Crippen LogP contribution in [0, 0.1) is 17.8 Å². The van der Waals surface area contributed by atoms with E-state index in [9.17, 15) is 24.0 Å². The third-order valence-electron chi connectivity index (χ3n) is 7.18. The summed E-state index contributed by atoms with van der Waals surface area (Å²) in [5.41, 5.74) is 0.968. The summed E-state index contributed by atoms with van der Waals surface area (Å²) in [4.78, 5) is 67.2. The molecule has 1 aromatic carbocycles. The first kappa shape index (κ1) is 30.6. The van der Waals surface area contributed by atoms with Crippen LogP contribution in [0.15, 0.2) is 24.3 Å². The van der Waals surface area contributed by atoms with E-state index in [1.54, 1.807) is 32.2 Å². The van der Waals surface area contributed by atoms with Crippen molar-refractivity contribution in [2.45, 2.75) is 65.5 Å². The smallest absolute Gasteiger partial charge is 0.309 e. The molecule has 3 rings (SSSR count). The molecule has 0 aliphatic carbocycles. The number of esters is 1. The number of amides is 3. The zero-order valence-corrected chi connectivity index (χ0v) is 23.8. The van der Waals surface area contributed by atoms with Crippen LogP contribution in [0.4, 0.5) is 0 Å². The number of H-pyrrole nitrogens is 1. The third-order valence-corrected chi connectivity index (χ3v) is 7.18. The summed E-state index contributed by atoms with van der Waals surface area (Å²) in [6.07, 6.45) is 1.48. The molecule has 11 heteroatoms. The lowest BCUT2D eigenvalue weighted by Crippen LogP contribution is -2.53. The number of hydrogen-bond acceptors (Lipinski definition) is 7. The van der Waals surface area contributed by atoms with Gasteiger partial charge >= 0.3 is 5.97 Å². The minimum absolute atomic E-state index is 0.0464. The fourth-order valence-corrected chi connectivity index (χ4v) is 4.62. The molecule has 11 nitrogen and oxygen atoms in total. The van der Waals surface area contributed by atoms with Crippen molar-refractivity contribution < 1.29 is 33.4 Å². The maximum atomic E-state index is 13.5. The van der Waals surface area contributed by atoms with Crippen LogP contribution in [-0.4, -0.2) is 66.8 Å². The third kappa shape index (κ3) is 7.83. The second kappa shape index (κ2) is 14.0. The van der Waals surface area contributed by atoms with E-state index in [2.05, 4.69) is 20.9 Å². The number of Topliss-reactive ketones (excluding diaryl/α,β-unsaturated/α-hetero) is 1. The second-order valence-electron chi connectivity index (χ2n) is 10.7. The van der Waals surface area contributed by atoms with Gasteiger partial charge in [0.25, 0.3) is 5.91 Å². The van der Waals surface area contributed by atoms with E-state index in [4.69, 9.17) is 9.47 Å². The van der Waals surface area contributed by atoms with Crippen LogP contribution in [-0.2, 0) is 23.9 Å². The van der Waals surface area contributed by atoms with Crippen molar-refractivity contribution in [1.29, 1.82) is 0 Å². The molecular weight excluding hydrogens is 516 g/mol. The van der Waals surface area contributed by atoms with Crippen LogP contribution in [0.5, 0.6) is 5.75 Å². The summed E-state index contributed by atoms with van der Waals surface area (Å²) in [5.74, 6) is -2.41. The number of fused-ring (bicyclic) bond motifs is 1. The summed E-state index contributed by atoms with van der Waals surface area (Å²) in [6.45, 7) is 7.35. The van der Waals surface area contributed by atoms with Crippen LogP contribution in [0.25, 0.3) is 10.9 Å². The molecule has 40 heavy (non-hydrogen) atoms. The van der Waals surface area contributed by atoms with Crippen molar-refractivity contribution in [3.8, 4) is 5.75 Å². The predicted octanol–water partition coefficient (Wildman–Crippen LogP) is 2.49. The highest BCUT2D eigenvalue weighted by Gasteiger charge is 2.34. The molecule has 0 unspecified atom stereocenters. The van der Waals surface area contributed by atoms with E-state index in [0.717, 1.165) is 5.39 Å². The van der Waals surface area contributed by atoms with Crippen molar-refractivity contribution >= 4 is 40.4 Å². The molecule has 3 amide bonds. The van der Waals surface area contributed by atoms with Gasteiger partial charge in [-0.25, -0.2) is 0 Å². The van der Waals surface area contributed by atoms with Gasteiger partial charge in [-0.2, -0.15) is 0 Å². The van der Waals surface area contributed by atoms with Crippen molar-refractivity contribution in [1.82, 2.24) is 20.9 Å². The minimum atomic E-state index is -1.06. The van der Waals surface area contributed by atoms with E-state index >= 15 is 0 Å². The Balaban J connectivity index is 1.76. The van der Waals surface area contributed by atoms with Gasteiger partial charge in [-0.1, -0.05) is 33.8 Å². The summed E-state index contributed by atoms with van der Waals surface area (Å²) >= 11 is 0. The van der Waals surface area contributed by atoms with Gasteiger partial charge in [-0.05, 0) is 49.8 Å². The molecule has 1 fully saturated rings. The van der Waals surface area contributed by atoms with Crippen LogP contribution in [0.2, 0.25) is 0 Å². The Labute approximate surface area is 234 Å². The number of ether oxygens (including phenoxy) is 2. The molecule has 2 heterocycles. The number of nitrogens with one attached hydrogen (secondary N) is 4. The molecule has 0 saturated carbocycles. The van der Waals surface area contributed by atoms with Gasteiger partial charge in [-0.3, -0.25) is 24.0 Å². The lowest BCUT2D eigenvalue weighted by atomic mass is 9.95. The molecule has 1 aromatic heterocycles. The van der Waals surface area contributed by atoms with Crippen molar-refractivity contribution in [2.75, 3.05) is 20.3 Å². The number of hydrogen-bond donors (Lipinski definition) is 4. The molecule has 4 atom stereocenters. The molecule has 1 saturated heterocycles. The first-order chi connectivity index (χ1) is 19.0. The Hall–Kier alpha value is -3.89. The maximum absolute atomic E-state index is 13.5. The van der Waals surface area contributed by atoms with E-state index < -0.39 is 48.2 Å². The highest BCUT2D eigenvalue weighted by atomic mass is 16.5. The normalized spacial score (nSPS) is 17.1. The van der Waals surface area contributed by atoms with Crippen molar-refractivity contribution in [3.05, 3.63) is 30.0 Å². The zero-order valence-electron chi connectivity index (χ0n) is 23.8. The van der Waals surface area contributed by atoms with Gasteiger partial charge in [0, 0.05) is 23.4 Å². The fourth-order valence-electron chi connectivity index (χ4n) is 4.62. The zero-order chi connectivity index (χ0) is 29.4. The van der Waals surface area contributed by atoms with Gasteiger partial charge in [0.2, 0.25) is 11.8 Å². The summed E-state index contributed by atoms with van der Waals surface area (Å²) < 4.78 is 10.5. The largest absolute Gasteiger partial charge is 0.496 e. The van der Waals surface area contributed by atoms with E-state index in [1.165, 1.54) is 0 Å². The first-order valence-electron chi connectivity index (χ1n) is 13.8. The Morgan fingerprint density at radius 2 is 1.85 bits per heavy atom. The van der Waals surface area contributed by atoms with Crippen molar-refractivity contribution in [3.63, 3.8) is 0 Å². The quantitative estimate of drug-likeness (QED) is 0.261. The molecule has 0 spiro atoms. The summed E-state index contributed by atoms with van der Waals surface area (Å²) in [7, 11) is 1.54. The SMILES string of the molecule is CC[C@@H](C)C(=O)OCC(=O)[C@H](C[C@@H]1CCNC1=O)NC(=O)[C@H](CC(C)C)NC(=O)c1cc2c(OC)cccc2[nH]1. The minimum Gasteiger partial charge on any atom is -0.496 e. The van der Waals surface area contributed by atoms with Gasteiger partial charge in [0.05, 0.1) is 19.1 Å². The molecule has 0 bridgehead atoms. The second-order valence-corrected chi connectivity index (χ2v) is 10.7. The fraction of sp³-hybridized carbons (Fsp3) is 0.552. The van der Waals surface area contributed by atoms with Gasteiger partial charge < -0.3 is 30.4 Å². The average molecular weight is 557 g/mol. The Kier molecular flexibility index (Phi) is 10.7. The molecule has 1 aliphatic heterocycles. The van der Waals surface area contributed by atoms with Crippen LogP contribution in [0.1, 0.15) is 63.9 Å². The van der Waals surface area contributed by atoms with E-state index in [0.29, 0.717) is 37.1 Å². The lowest BCUT2D eigenvalue weighted by molar-refractivity contribution is -0.152. The van der Waals surface area contributed by atoms with Crippen molar-refractivity contribution in [2.24, 2.45) is 17.8 Å². The topological polar surface area (TPSA) is 156 Å². The number of methoxy groups -OCH3 is 1. The number of aromatic amines is 1. The number of ketones is 1. The predicted molar refractivity (Wildman–Crippen MR) is 149 cm³/mol. The molecule has 1 aliphatic rings. The van der Waals surface area contributed by atoms with Crippen LogP contribution in [0.3, 0.4) is 0 Å². The number of carbonyl (C=O) groups is 5. The maximum Gasteiger partial charge on any atom is 0.309 e. The van der Waals surface area contributed by atoms with Gasteiger partial charge in [-0.15, -0.1) is 0 Å². The van der Waals surface area contributed by atoms with Gasteiger partial charge in [0.15, 0.2) is 12.4 Å². The number of rotatable bonds is 14. The van der Waals surface area contributed by atoms with Gasteiger partial charge in [0.1, 0.15) is 17.5 Å². The number of carbonyl (C=O) groups excluding carboxylic acids is 5. The van der Waals surface area contributed by atoms with E-state index in [-0.39, 0.29) is 29.9 Å². The standard InChI is InChI=1S/C29H40N4O7/c1-6-17(4)29(38)40-15-24(34)21(13-18-10-11-30-26(18)35)32-27(36)22(12-16(2)3)33-28(37)23-14-19-20(31-23)8-7-9-25(19)39-5/h7-9,14,16-18,21-22,31H,6,10-13,15H2,1-5H3,(H,30,35)(H,32,36)(H,33,37)/t17-,18+,21+,22+/m1/s1. The molecular formula is C29H40N4O7. The van der Waals surface area contributed by atoms with Crippen LogP contribution >= 0.6 is 0 Å². The monoisotopic (exact) mass is 556 g/mol. The summed E-state index contributed by atoms with van der Waals surface area (Å²) in [6, 6.07) is 5.05. The number of benzene rings is 1. The molecule has 2 aromatic rings. The Morgan fingerprint density at radius 3 is 2.48 bits per heavy atom. The number of aromatic nitrogens is 1. The highest BCUT2D eigenvalue weighted by molar-refractivity contribution is 6.02. The Morgan fingerprint density at radius 1 is 1.10 bits per heavy atom. The van der Waals surface area contributed by atoms with Crippen LogP contribution < -0.4 is 20.7 Å². The Bertz CT molecular complexity index is 1240. The molecule has 4 N–H and O–H groups in total. The first-order valence-corrected chi connectivity index (χ1v) is 13.8.